The second kappa shape index (κ2) is 10.6. The number of nitrogens with one attached hydrogen (secondary N) is 2. The van der Waals surface area contributed by atoms with E-state index in [1.165, 1.54) is 32.6 Å². The summed E-state index contributed by atoms with van der Waals surface area (Å²) in [6, 6.07) is -0.340. The summed E-state index contributed by atoms with van der Waals surface area (Å²) < 4.78 is 0. The van der Waals surface area contributed by atoms with Crippen LogP contribution in [0.4, 0.5) is 0 Å². The van der Waals surface area contributed by atoms with Crippen molar-refractivity contribution in [3.8, 4) is 0 Å². The third kappa shape index (κ3) is 5.66. The fourth-order valence-electron chi connectivity index (χ4n) is 4.61. The summed E-state index contributed by atoms with van der Waals surface area (Å²) in [7, 11) is 0. The molecule has 1 aliphatic heterocycles. The van der Waals surface area contributed by atoms with Gasteiger partial charge in [0.15, 0.2) is 0 Å². The van der Waals surface area contributed by atoms with Crippen molar-refractivity contribution in [1.82, 2.24) is 10.6 Å². The lowest BCUT2D eigenvalue weighted by molar-refractivity contribution is -0.126. The molecular formula is C22H36N2O3. The quantitative estimate of drug-likeness (QED) is 0.326. The summed E-state index contributed by atoms with van der Waals surface area (Å²) in [5.41, 5.74) is 1.15. The molecule has 1 saturated heterocycles. The lowest BCUT2D eigenvalue weighted by atomic mass is 9.69. The van der Waals surface area contributed by atoms with Gasteiger partial charge in [-0.3, -0.25) is 19.7 Å². The number of hydrogen-bond acceptors (Lipinski definition) is 3. The molecule has 5 nitrogen and oxygen atoms in total. The molecule has 0 spiro atoms. The number of imide groups is 1. The number of carbonyl (C=O) groups is 3. The first-order chi connectivity index (χ1) is 13.0. The van der Waals surface area contributed by atoms with Gasteiger partial charge in [-0.25, -0.2) is 0 Å². The van der Waals surface area contributed by atoms with E-state index in [1.807, 2.05) is 0 Å². The molecule has 27 heavy (non-hydrogen) atoms. The molecule has 0 aromatic carbocycles. The zero-order chi connectivity index (χ0) is 19.8. The Bertz CT molecular complexity index is 570. The molecule has 3 amide bonds. The van der Waals surface area contributed by atoms with E-state index < -0.39 is 5.92 Å². The summed E-state index contributed by atoms with van der Waals surface area (Å²) in [4.78, 5) is 36.8. The van der Waals surface area contributed by atoms with Crippen LogP contribution in [0.5, 0.6) is 0 Å². The zero-order valence-electron chi connectivity index (χ0n) is 17.2. The van der Waals surface area contributed by atoms with Crippen LogP contribution in [-0.2, 0) is 14.4 Å². The summed E-state index contributed by atoms with van der Waals surface area (Å²) in [5, 5.41) is 5.50. The van der Waals surface area contributed by atoms with Gasteiger partial charge in [0.05, 0.1) is 17.9 Å². The second-order valence-corrected chi connectivity index (χ2v) is 8.15. The van der Waals surface area contributed by atoms with Gasteiger partial charge in [-0.1, -0.05) is 70.4 Å². The van der Waals surface area contributed by atoms with Crippen LogP contribution >= 0.6 is 0 Å². The highest BCUT2D eigenvalue weighted by molar-refractivity contribution is 6.06. The number of fused-ring (bicyclic) bond motifs is 1. The van der Waals surface area contributed by atoms with Crippen molar-refractivity contribution >= 4 is 17.7 Å². The highest BCUT2D eigenvalue weighted by Gasteiger charge is 2.52. The van der Waals surface area contributed by atoms with Crippen molar-refractivity contribution in [1.29, 1.82) is 0 Å². The van der Waals surface area contributed by atoms with E-state index in [-0.39, 0.29) is 35.6 Å². The van der Waals surface area contributed by atoms with Gasteiger partial charge in [-0.2, -0.15) is 0 Å². The SMILES string of the molecule is CCCCCCC1=C[C@H](CCCCCC)[C@@H]2C(=O)NC(=O)[C@@H]2[C@@H]1NC(C)=O. The Balaban J connectivity index is 2.21. The smallest absolute Gasteiger partial charge is 0.232 e. The van der Waals surface area contributed by atoms with Crippen LogP contribution in [0.15, 0.2) is 11.6 Å². The van der Waals surface area contributed by atoms with E-state index in [1.54, 1.807) is 0 Å². The molecule has 0 radical (unpaired) electrons. The van der Waals surface area contributed by atoms with E-state index in [2.05, 4.69) is 30.6 Å². The minimum absolute atomic E-state index is 0.101. The second-order valence-electron chi connectivity index (χ2n) is 8.15. The first kappa shape index (κ1) is 21.6. The van der Waals surface area contributed by atoms with Gasteiger partial charge >= 0.3 is 0 Å². The maximum Gasteiger partial charge on any atom is 0.232 e. The minimum Gasteiger partial charge on any atom is -0.349 e. The van der Waals surface area contributed by atoms with E-state index in [0.717, 1.165) is 44.1 Å². The Hall–Kier alpha value is -1.65. The molecule has 0 bridgehead atoms. The molecule has 1 heterocycles. The minimum atomic E-state index is -0.455. The molecule has 2 rings (SSSR count). The number of unbranched alkanes of at least 4 members (excludes halogenated alkanes) is 6. The fourth-order valence-corrected chi connectivity index (χ4v) is 4.61. The van der Waals surface area contributed by atoms with Gasteiger partial charge in [0.25, 0.3) is 0 Å². The number of amides is 3. The normalized spacial score (nSPS) is 27.1. The molecule has 0 saturated carbocycles. The maximum absolute atomic E-state index is 12.5. The predicted molar refractivity (Wildman–Crippen MR) is 107 cm³/mol. The van der Waals surface area contributed by atoms with Gasteiger partial charge in [0, 0.05) is 6.92 Å². The molecule has 1 fully saturated rings. The average Bonchev–Trinajstić information content (AvgIpc) is 2.92. The lowest BCUT2D eigenvalue weighted by Crippen LogP contribution is -2.49. The van der Waals surface area contributed by atoms with Crippen LogP contribution in [0.3, 0.4) is 0 Å². The average molecular weight is 377 g/mol. The highest BCUT2D eigenvalue weighted by Crippen LogP contribution is 2.41. The Morgan fingerprint density at radius 1 is 0.963 bits per heavy atom. The van der Waals surface area contributed by atoms with Crippen LogP contribution in [-0.4, -0.2) is 23.8 Å². The standard InChI is InChI=1S/C22H36N2O3/c1-4-6-8-10-12-16-14-17(13-11-9-7-5-2)20(23-15(3)25)19-18(16)21(26)24-22(19)27/h14,16,18-20H,4-13H2,1-3H3,(H,23,25)(H,24,26,27)/t16-,18-,19-,20+/m0/s1. The third-order valence-electron chi connectivity index (χ3n) is 5.96. The monoisotopic (exact) mass is 376 g/mol. The molecule has 0 aromatic rings. The molecule has 2 N–H and O–H groups in total. The van der Waals surface area contributed by atoms with Crippen LogP contribution in [0, 0.1) is 17.8 Å². The van der Waals surface area contributed by atoms with Gasteiger partial charge in [0.1, 0.15) is 0 Å². The first-order valence-electron chi connectivity index (χ1n) is 10.8. The van der Waals surface area contributed by atoms with E-state index >= 15 is 0 Å². The van der Waals surface area contributed by atoms with Crippen LogP contribution in [0.1, 0.15) is 85.0 Å². The lowest BCUT2D eigenvalue weighted by Gasteiger charge is -2.37. The van der Waals surface area contributed by atoms with E-state index in [9.17, 15) is 14.4 Å². The van der Waals surface area contributed by atoms with Gasteiger partial charge in [-0.05, 0) is 25.2 Å². The molecule has 5 heteroatoms. The molecule has 0 aromatic heterocycles. The molecule has 2 aliphatic rings. The Morgan fingerprint density at radius 3 is 2.22 bits per heavy atom. The highest BCUT2D eigenvalue weighted by atomic mass is 16.2. The van der Waals surface area contributed by atoms with Crippen LogP contribution in [0.25, 0.3) is 0 Å². The molecule has 1 aliphatic carbocycles. The topological polar surface area (TPSA) is 75.3 Å². The van der Waals surface area contributed by atoms with Crippen molar-refractivity contribution in [3.63, 3.8) is 0 Å². The number of rotatable bonds is 11. The molecule has 152 valence electrons. The number of carbonyl (C=O) groups excluding carboxylic acids is 3. The Labute approximate surface area is 163 Å². The van der Waals surface area contributed by atoms with E-state index in [4.69, 9.17) is 0 Å². The molecular weight excluding hydrogens is 340 g/mol. The zero-order valence-corrected chi connectivity index (χ0v) is 17.2. The van der Waals surface area contributed by atoms with Crippen molar-refractivity contribution in [3.05, 3.63) is 11.6 Å². The predicted octanol–water partition coefficient (Wildman–Crippen LogP) is 3.88. The summed E-state index contributed by atoms with van der Waals surface area (Å²) in [5.74, 6) is -1.22. The van der Waals surface area contributed by atoms with Gasteiger partial charge < -0.3 is 5.32 Å². The van der Waals surface area contributed by atoms with Crippen molar-refractivity contribution in [2.24, 2.45) is 17.8 Å². The number of allylic oxidation sites excluding steroid dienone is 1. The van der Waals surface area contributed by atoms with Crippen molar-refractivity contribution in [2.75, 3.05) is 0 Å². The Kier molecular flexibility index (Phi) is 8.52. The molecule has 0 unspecified atom stereocenters. The summed E-state index contributed by atoms with van der Waals surface area (Å²) in [6.07, 6.45) is 13.3. The van der Waals surface area contributed by atoms with Crippen molar-refractivity contribution < 1.29 is 14.4 Å². The first-order valence-corrected chi connectivity index (χ1v) is 10.8. The summed E-state index contributed by atoms with van der Waals surface area (Å²) >= 11 is 0. The molecule has 4 atom stereocenters. The van der Waals surface area contributed by atoms with Crippen LogP contribution in [0.2, 0.25) is 0 Å². The fraction of sp³-hybridized carbons (Fsp3) is 0.773. The number of hydrogen-bond donors (Lipinski definition) is 2. The van der Waals surface area contributed by atoms with Gasteiger partial charge in [-0.15, -0.1) is 0 Å². The van der Waals surface area contributed by atoms with Crippen molar-refractivity contribution in [2.45, 2.75) is 91.0 Å². The third-order valence-corrected chi connectivity index (χ3v) is 5.96. The van der Waals surface area contributed by atoms with Gasteiger partial charge in [0.2, 0.25) is 17.7 Å². The Morgan fingerprint density at radius 2 is 1.59 bits per heavy atom. The van der Waals surface area contributed by atoms with E-state index in [0.29, 0.717) is 0 Å². The maximum atomic E-state index is 12.5. The largest absolute Gasteiger partial charge is 0.349 e. The summed E-state index contributed by atoms with van der Waals surface area (Å²) in [6.45, 7) is 5.85. The van der Waals surface area contributed by atoms with Crippen LogP contribution < -0.4 is 10.6 Å².